The van der Waals surface area contributed by atoms with E-state index in [0.29, 0.717) is 24.5 Å². The SMILES string of the molecule is CCNCc1sccc1S(=O)(=O)N1CC2CCC(C1)O2. The summed E-state index contributed by atoms with van der Waals surface area (Å²) in [5.41, 5.74) is 0. The molecule has 3 heterocycles. The first-order valence-corrected chi connectivity index (χ1v) is 9.36. The van der Waals surface area contributed by atoms with E-state index in [2.05, 4.69) is 5.32 Å². The van der Waals surface area contributed by atoms with Crippen LogP contribution in [0.2, 0.25) is 0 Å². The van der Waals surface area contributed by atoms with E-state index in [1.165, 1.54) is 11.3 Å². The fraction of sp³-hybridized carbons (Fsp3) is 0.692. The van der Waals surface area contributed by atoms with E-state index in [1.807, 2.05) is 12.3 Å². The Morgan fingerprint density at radius 2 is 2.10 bits per heavy atom. The van der Waals surface area contributed by atoms with Gasteiger partial charge in [0.2, 0.25) is 10.0 Å². The van der Waals surface area contributed by atoms with Gasteiger partial charge in [-0.3, -0.25) is 0 Å². The summed E-state index contributed by atoms with van der Waals surface area (Å²) in [6, 6.07) is 1.73. The van der Waals surface area contributed by atoms with E-state index in [0.717, 1.165) is 24.3 Å². The van der Waals surface area contributed by atoms with Gasteiger partial charge in [0.1, 0.15) is 0 Å². The van der Waals surface area contributed by atoms with Crippen molar-refractivity contribution in [2.45, 2.75) is 43.4 Å². The maximum atomic E-state index is 12.8. The lowest BCUT2D eigenvalue weighted by Gasteiger charge is -2.31. The molecule has 112 valence electrons. The van der Waals surface area contributed by atoms with Gasteiger partial charge in [-0.15, -0.1) is 11.3 Å². The van der Waals surface area contributed by atoms with Gasteiger partial charge in [0.05, 0.1) is 17.1 Å². The Morgan fingerprint density at radius 3 is 2.75 bits per heavy atom. The smallest absolute Gasteiger partial charge is 0.244 e. The Labute approximate surface area is 124 Å². The van der Waals surface area contributed by atoms with E-state index in [-0.39, 0.29) is 12.2 Å². The Hall–Kier alpha value is -0.470. The fourth-order valence-electron chi connectivity index (χ4n) is 2.84. The van der Waals surface area contributed by atoms with Crippen LogP contribution >= 0.6 is 11.3 Å². The van der Waals surface area contributed by atoms with E-state index in [4.69, 9.17) is 4.74 Å². The summed E-state index contributed by atoms with van der Waals surface area (Å²) < 4.78 is 32.9. The molecule has 2 aliphatic rings. The molecule has 0 radical (unpaired) electrons. The lowest BCUT2D eigenvalue weighted by atomic mass is 10.2. The van der Waals surface area contributed by atoms with Crippen LogP contribution in [0.25, 0.3) is 0 Å². The van der Waals surface area contributed by atoms with Gasteiger partial charge in [0.15, 0.2) is 0 Å². The predicted octanol–water partition coefficient (Wildman–Crippen LogP) is 1.41. The standard InChI is InChI=1S/C13H20N2O3S2/c1-2-14-7-12-13(5-6-19-12)20(16,17)15-8-10-3-4-11(9-15)18-10/h5-6,10-11,14H,2-4,7-9H2,1H3. The van der Waals surface area contributed by atoms with Gasteiger partial charge in [-0.05, 0) is 30.8 Å². The summed E-state index contributed by atoms with van der Waals surface area (Å²) >= 11 is 1.50. The number of rotatable bonds is 5. The van der Waals surface area contributed by atoms with Crippen LogP contribution in [0.4, 0.5) is 0 Å². The van der Waals surface area contributed by atoms with Crippen LogP contribution in [0.3, 0.4) is 0 Å². The summed E-state index contributed by atoms with van der Waals surface area (Å²) in [5.74, 6) is 0. The largest absolute Gasteiger partial charge is 0.372 e. The third-order valence-electron chi connectivity index (χ3n) is 3.87. The molecule has 1 N–H and O–H groups in total. The normalized spacial score (nSPS) is 27.1. The van der Waals surface area contributed by atoms with Crippen molar-refractivity contribution in [1.29, 1.82) is 0 Å². The quantitative estimate of drug-likeness (QED) is 0.892. The van der Waals surface area contributed by atoms with E-state index in [1.54, 1.807) is 10.4 Å². The molecule has 0 aliphatic carbocycles. The monoisotopic (exact) mass is 316 g/mol. The molecular formula is C13H20N2O3S2. The number of hydrogen-bond acceptors (Lipinski definition) is 5. The average molecular weight is 316 g/mol. The summed E-state index contributed by atoms with van der Waals surface area (Å²) in [6.45, 7) is 4.45. The molecular weight excluding hydrogens is 296 g/mol. The maximum absolute atomic E-state index is 12.8. The Morgan fingerprint density at radius 1 is 1.40 bits per heavy atom. The van der Waals surface area contributed by atoms with E-state index in [9.17, 15) is 8.42 Å². The highest BCUT2D eigenvalue weighted by Crippen LogP contribution is 2.32. The number of thiophene rings is 1. The molecule has 2 atom stereocenters. The third kappa shape index (κ3) is 2.65. The van der Waals surface area contributed by atoms with Crippen LogP contribution in [-0.4, -0.2) is 44.6 Å². The van der Waals surface area contributed by atoms with Gasteiger partial charge in [0, 0.05) is 24.5 Å². The highest BCUT2D eigenvalue weighted by Gasteiger charge is 2.40. The number of ether oxygens (including phenoxy) is 1. The molecule has 2 fully saturated rings. The van der Waals surface area contributed by atoms with E-state index >= 15 is 0 Å². The van der Waals surface area contributed by atoms with Crippen molar-refractivity contribution in [3.05, 3.63) is 16.3 Å². The molecule has 0 spiro atoms. The van der Waals surface area contributed by atoms with Crippen LogP contribution in [0, 0.1) is 0 Å². The second-order valence-electron chi connectivity index (χ2n) is 5.27. The first kappa shape index (κ1) is 14.5. The second kappa shape index (κ2) is 5.73. The number of hydrogen-bond donors (Lipinski definition) is 1. The van der Waals surface area contributed by atoms with Gasteiger partial charge < -0.3 is 10.1 Å². The number of fused-ring (bicyclic) bond motifs is 2. The van der Waals surface area contributed by atoms with Crippen molar-refractivity contribution in [3.63, 3.8) is 0 Å². The van der Waals surface area contributed by atoms with Crippen molar-refractivity contribution in [1.82, 2.24) is 9.62 Å². The molecule has 1 aromatic rings. The molecule has 2 aliphatic heterocycles. The Bertz CT molecular complexity index is 558. The summed E-state index contributed by atoms with van der Waals surface area (Å²) in [6.07, 6.45) is 2.12. The zero-order valence-electron chi connectivity index (χ0n) is 11.5. The molecule has 1 aromatic heterocycles. The molecule has 0 amide bonds. The minimum atomic E-state index is -3.38. The first-order chi connectivity index (χ1) is 9.61. The van der Waals surface area contributed by atoms with Crippen LogP contribution in [0.15, 0.2) is 16.3 Å². The van der Waals surface area contributed by atoms with Crippen LogP contribution in [0.5, 0.6) is 0 Å². The summed E-state index contributed by atoms with van der Waals surface area (Å²) in [7, 11) is -3.38. The predicted molar refractivity (Wildman–Crippen MR) is 78.4 cm³/mol. The lowest BCUT2D eigenvalue weighted by molar-refractivity contribution is -0.0114. The molecule has 2 saturated heterocycles. The Kier molecular flexibility index (Phi) is 4.14. The van der Waals surface area contributed by atoms with Crippen LogP contribution in [-0.2, 0) is 21.3 Å². The topological polar surface area (TPSA) is 58.6 Å². The van der Waals surface area contributed by atoms with Gasteiger partial charge >= 0.3 is 0 Å². The number of sulfonamides is 1. The minimum absolute atomic E-state index is 0.0828. The average Bonchev–Trinajstić information content (AvgIpc) is 3.03. The molecule has 0 saturated carbocycles. The summed E-state index contributed by atoms with van der Waals surface area (Å²) in [4.78, 5) is 1.36. The molecule has 20 heavy (non-hydrogen) atoms. The van der Waals surface area contributed by atoms with Crippen LogP contribution < -0.4 is 5.32 Å². The maximum Gasteiger partial charge on any atom is 0.244 e. The second-order valence-corrected chi connectivity index (χ2v) is 8.17. The fourth-order valence-corrected chi connectivity index (χ4v) is 5.73. The number of nitrogens with one attached hydrogen (secondary N) is 1. The molecule has 3 rings (SSSR count). The van der Waals surface area contributed by atoms with Crippen molar-refractivity contribution >= 4 is 21.4 Å². The van der Waals surface area contributed by atoms with Crippen molar-refractivity contribution in [2.24, 2.45) is 0 Å². The zero-order chi connectivity index (χ0) is 14.2. The molecule has 0 aromatic carbocycles. The molecule has 5 nitrogen and oxygen atoms in total. The first-order valence-electron chi connectivity index (χ1n) is 7.04. The van der Waals surface area contributed by atoms with Gasteiger partial charge in [-0.2, -0.15) is 4.31 Å². The van der Waals surface area contributed by atoms with Gasteiger partial charge in [-0.1, -0.05) is 6.92 Å². The van der Waals surface area contributed by atoms with E-state index < -0.39 is 10.0 Å². The number of nitrogens with zero attached hydrogens (tertiary/aromatic N) is 1. The highest BCUT2D eigenvalue weighted by atomic mass is 32.2. The van der Waals surface area contributed by atoms with Gasteiger partial charge in [-0.25, -0.2) is 8.42 Å². The Balaban J connectivity index is 1.83. The molecule has 7 heteroatoms. The molecule has 2 unspecified atom stereocenters. The van der Waals surface area contributed by atoms with Crippen molar-refractivity contribution < 1.29 is 13.2 Å². The van der Waals surface area contributed by atoms with Gasteiger partial charge in [0.25, 0.3) is 0 Å². The number of morpholine rings is 1. The van der Waals surface area contributed by atoms with Crippen molar-refractivity contribution in [3.8, 4) is 0 Å². The lowest BCUT2D eigenvalue weighted by Crippen LogP contribution is -2.45. The van der Waals surface area contributed by atoms with Crippen LogP contribution in [0.1, 0.15) is 24.6 Å². The van der Waals surface area contributed by atoms with Crippen molar-refractivity contribution in [2.75, 3.05) is 19.6 Å². The summed E-state index contributed by atoms with van der Waals surface area (Å²) in [5, 5.41) is 5.05. The third-order valence-corrected chi connectivity index (χ3v) is 6.83. The minimum Gasteiger partial charge on any atom is -0.372 e. The zero-order valence-corrected chi connectivity index (χ0v) is 13.2. The molecule has 2 bridgehead atoms. The highest BCUT2D eigenvalue weighted by molar-refractivity contribution is 7.89.